The zero-order valence-electron chi connectivity index (χ0n) is 16.2. The SMILES string of the molecule is CCOC(=O)N1CCN(C(=O)c2cc3c(C)nn(-c4cccc(Cl)c4)c3s2)CC1. The molecule has 0 radical (unpaired) electrons. The molecule has 0 aliphatic carbocycles. The molecule has 2 amide bonds. The van der Waals surface area contributed by atoms with Gasteiger partial charge >= 0.3 is 6.09 Å². The second-order valence-corrected chi connectivity index (χ2v) is 8.25. The lowest BCUT2D eigenvalue weighted by Gasteiger charge is -2.33. The predicted molar refractivity (Wildman–Crippen MR) is 113 cm³/mol. The fourth-order valence-electron chi connectivity index (χ4n) is 3.40. The van der Waals surface area contributed by atoms with Gasteiger partial charge < -0.3 is 14.5 Å². The van der Waals surface area contributed by atoms with Crippen LogP contribution in [-0.2, 0) is 4.74 Å². The van der Waals surface area contributed by atoms with Gasteiger partial charge in [-0.15, -0.1) is 11.3 Å². The van der Waals surface area contributed by atoms with Crippen molar-refractivity contribution in [1.82, 2.24) is 19.6 Å². The summed E-state index contributed by atoms with van der Waals surface area (Å²) in [5.74, 6) is -0.0215. The summed E-state index contributed by atoms with van der Waals surface area (Å²) in [6, 6.07) is 9.39. The number of nitrogens with zero attached hydrogens (tertiary/aromatic N) is 4. The van der Waals surface area contributed by atoms with E-state index in [0.717, 1.165) is 21.6 Å². The maximum Gasteiger partial charge on any atom is 0.409 e. The lowest BCUT2D eigenvalue weighted by molar-refractivity contribution is 0.0574. The van der Waals surface area contributed by atoms with E-state index in [2.05, 4.69) is 5.10 Å². The minimum atomic E-state index is -0.321. The molecule has 1 fully saturated rings. The number of aryl methyl sites for hydroxylation is 1. The van der Waals surface area contributed by atoms with E-state index in [1.54, 1.807) is 16.7 Å². The highest BCUT2D eigenvalue weighted by Gasteiger charge is 2.27. The highest BCUT2D eigenvalue weighted by Crippen LogP contribution is 2.31. The van der Waals surface area contributed by atoms with Crippen LogP contribution in [0.15, 0.2) is 30.3 Å². The normalized spacial score (nSPS) is 14.4. The Morgan fingerprint density at radius 3 is 2.59 bits per heavy atom. The molecule has 0 unspecified atom stereocenters. The van der Waals surface area contributed by atoms with Crippen molar-refractivity contribution in [1.29, 1.82) is 0 Å². The lowest BCUT2D eigenvalue weighted by Crippen LogP contribution is -2.50. The molecule has 1 aromatic carbocycles. The smallest absolute Gasteiger partial charge is 0.409 e. The molecule has 0 saturated carbocycles. The Hall–Kier alpha value is -2.58. The van der Waals surface area contributed by atoms with Crippen LogP contribution in [0.25, 0.3) is 15.9 Å². The van der Waals surface area contributed by atoms with E-state index < -0.39 is 0 Å². The van der Waals surface area contributed by atoms with Gasteiger partial charge in [0, 0.05) is 36.6 Å². The standard InChI is InChI=1S/C20H21ClN4O3S/c1-3-28-20(27)24-9-7-23(8-10-24)18(26)17-12-16-13(2)22-25(19(16)29-17)15-6-4-5-14(21)11-15/h4-6,11-12H,3,7-10H2,1-2H3. The van der Waals surface area contributed by atoms with Gasteiger partial charge in [-0.25, -0.2) is 9.48 Å². The van der Waals surface area contributed by atoms with Gasteiger partial charge in [-0.2, -0.15) is 5.10 Å². The maximum atomic E-state index is 13.0. The number of carbonyl (C=O) groups excluding carboxylic acids is 2. The van der Waals surface area contributed by atoms with E-state index in [1.807, 2.05) is 41.9 Å². The zero-order chi connectivity index (χ0) is 20.5. The average Bonchev–Trinajstić information content (AvgIpc) is 3.28. The molecule has 1 aliphatic heterocycles. The molecule has 29 heavy (non-hydrogen) atoms. The van der Waals surface area contributed by atoms with Crippen molar-refractivity contribution >= 4 is 45.2 Å². The summed E-state index contributed by atoms with van der Waals surface area (Å²) < 4.78 is 6.86. The van der Waals surface area contributed by atoms with Gasteiger partial charge in [-0.1, -0.05) is 17.7 Å². The van der Waals surface area contributed by atoms with Crippen LogP contribution < -0.4 is 0 Å². The summed E-state index contributed by atoms with van der Waals surface area (Å²) in [7, 11) is 0. The lowest BCUT2D eigenvalue weighted by atomic mass is 10.2. The molecule has 0 spiro atoms. The van der Waals surface area contributed by atoms with Crippen molar-refractivity contribution in [2.24, 2.45) is 0 Å². The predicted octanol–water partition coefficient (Wildman–Crippen LogP) is 3.96. The van der Waals surface area contributed by atoms with Crippen LogP contribution in [0, 0.1) is 6.92 Å². The molecular formula is C20H21ClN4O3S. The van der Waals surface area contributed by atoms with E-state index in [9.17, 15) is 9.59 Å². The highest BCUT2D eigenvalue weighted by atomic mass is 35.5. The number of hydrogen-bond donors (Lipinski definition) is 0. The van der Waals surface area contributed by atoms with Crippen LogP contribution in [0.1, 0.15) is 22.3 Å². The molecule has 0 atom stereocenters. The molecular weight excluding hydrogens is 412 g/mol. The molecule has 3 aromatic rings. The van der Waals surface area contributed by atoms with Gasteiger partial charge in [0.25, 0.3) is 5.91 Å². The first-order chi connectivity index (χ1) is 14.0. The van der Waals surface area contributed by atoms with Gasteiger partial charge in [0.2, 0.25) is 0 Å². The monoisotopic (exact) mass is 432 g/mol. The van der Waals surface area contributed by atoms with Crippen LogP contribution in [0.5, 0.6) is 0 Å². The molecule has 7 nitrogen and oxygen atoms in total. The Balaban J connectivity index is 1.55. The van der Waals surface area contributed by atoms with Crippen LogP contribution in [-0.4, -0.2) is 64.4 Å². The Kier molecular flexibility index (Phi) is 5.47. The number of rotatable bonds is 3. The summed E-state index contributed by atoms with van der Waals surface area (Å²) in [6.45, 7) is 6.00. The molecule has 2 aromatic heterocycles. The van der Waals surface area contributed by atoms with E-state index in [4.69, 9.17) is 16.3 Å². The Labute approximate surface area is 177 Å². The summed E-state index contributed by atoms with van der Waals surface area (Å²) in [4.78, 5) is 29.9. The van der Waals surface area contributed by atoms with Crippen molar-refractivity contribution in [2.75, 3.05) is 32.8 Å². The minimum absolute atomic E-state index is 0.0215. The van der Waals surface area contributed by atoms with Crippen molar-refractivity contribution in [2.45, 2.75) is 13.8 Å². The third-order valence-corrected chi connectivity index (χ3v) is 6.23. The maximum absolute atomic E-state index is 13.0. The summed E-state index contributed by atoms with van der Waals surface area (Å²) in [5, 5.41) is 6.20. The number of hydrogen-bond acceptors (Lipinski definition) is 5. The molecule has 0 bridgehead atoms. The number of ether oxygens (including phenoxy) is 1. The number of amides is 2. The quantitative estimate of drug-likeness (QED) is 0.628. The van der Waals surface area contributed by atoms with Crippen molar-refractivity contribution in [3.8, 4) is 5.69 Å². The van der Waals surface area contributed by atoms with Crippen molar-refractivity contribution in [3.05, 3.63) is 45.9 Å². The molecule has 0 N–H and O–H groups in total. The largest absolute Gasteiger partial charge is 0.450 e. The van der Waals surface area contributed by atoms with E-state index in [1.165, 1.54) is 11.3 Å². The molecule has 9 heteroatoms. The summed E-state index contributed by atoms with van der Waals surface area (Å²) in [6.07, 6.45) is -0.321. The third-order valence-electron chi connectivity index (χ3n) is 4.90. The van der Waals surface area contributed by atoms with Gasteiger partial charge in [0.05, 0.1) is 22.9 Å². The Morgan fingerprint density at radius 2 is 1.90 bits per heavy atom. The van der Waals surface area contributed by atoms with Gasteiger partial charge in [0.15, 0.2) is 0 Å². The number of piperazine rings is 1. The average molecular weight is 433 g/mol. The highest BCUT2D eigenvalue weighted by molar-refractivity contribution is 7.20. The van der Waals surface area contributed by atoms with Crippen LogP contribution in [0.2, 0.25) is 5.02 Å². The van der Waals surface area contributed by atoms with Crippen LogP contribution in [0.4, 0.5) is 4.79 Å². The minimum Gasteiger partial charge on any atom is -0.450 e. The number of halogens is 1. The van der Waals surface area contributed by atoms with Gasteiger partial charge in [-0.05, 0) is 38.1 Å². The van der Waals surface area contributed by atoms with Crippen LogP contribution >= 0.6 is 22.9 Å². The molecule has 1 aliphatic rings. The molecule has 1 saturated heterocycles. The number of fused-ring (bicyclic) bond motifs is 1. The second kappa shape index (κ2) is 8.04. The van der Waals surface area contributed by atoms with Crippen LogP contribution in [0.3, 0.4) is 0 Å². The summed E-state index contributed by atoms with van der Waals surface area (Å²) in [5.41, 5.74) is 1.72. The summed E-state index contributed by atoms with van der Waals surface area (Å²) >= 11 is 7.55. The molecule has 4 rings (SSSR count). The Morgan fingerprint density at radius 1 is 1.17 bits per heavy atom. The first-order valence-electron chi connectivity index (χ1n) is 9.44. The number of benzene rings is 1. The Bertz CT molecular complexity index is 1070. The number of carbonyl (C=O) groups is 2. The second-order valence-electron chi connectivity index (χ2n) is 6.78. The fraction of sp³-hybridized carbons (Fsp3) is 0.350. The van der Waals surface area contributed by atoms with E-state index >= 15 is 0 Å². The first-order valence-corrected chi connectivity index (χ1v) is 10.6. The third kappa shape index (κ3) is 3.82. The molecule has 3 heterocycles. The molecule has 152 valence electrons. The van der Waals surface area contributed by atoms with Crippen molar-refractivity contribution < 1.29 is 14.3 Å². The first kappa shape index (κ1) is 19.7. The topological polar surface area (TPSA) is 67.7 Å². The zero-order valence-corrected chi connectivity index (χ0v) is 17.8. The van der Waals surface area contributed by atoms with Gasteiger partial charge in [-0.3, -0.25) is 4.79 Å². The van der Waals surface area contributed by atoms with E-state index in [-0.39, 0.29) is 12.0 Å². The number of aromatic nitrogens is 2. The number of thiophene rings is 1. The van der Waals surface area contributed by atoms with Crippen molar-refractivity contribution in [3.63, 3.8) is 0 Å². The van der Waals surface area contributed by atoms with Gasteiger partial charge in [0.1, 0.15) is 4.83 Å². The fourth-order valence-corrected chi connectivity index (χ4v) is 4.73. The van der Waals surface area contributed by atoms with E-state index in [0.29, 0.717) is 42.7 Å².